The molecule has 0 bridgehead atoms. The summed E-state index contributed by atoms with van der Waals surface area (Å²) in [6.45, 7) is 2.21. The van der Waals surface area contributed by atoms with Gasteiger partial charge in [0.2, 0.25) is 0 Å². The van der Waals surface area contributed by atoms with Gasteiger partial charge in [-0.3, -0.25) is 20.2 Å². The van der Waals surface area contributed by atoms with Crippen molar-refractivity contribution in [2.45, 2.75) is 18.8 Å². The van der Waals surface area contributed by atoms with Gasteiger partial charge in [0.15, 0.2) is 5.82 Å². The van der Waals surface area contributed by atoms with Crippen molar-refractivity contribution < 1.29 is 0 Å². The van der Waals surface area contributed by atoms with Crippen molar-refractivity contribution >= 4 is 21.9 Å². The number of aromatic amines is 3. The van der Waals surface area contributed by atoms with E-state index in [4.69, 9.17) is 4.98 Å². The molecule has 6 rings (SSSR count). The third-order valence-corrected chi connectivity index (χ3v) is 6.05. The van der Waals surface area contributed by atoms with E-state index in [9.17, 15) is 0 Å². The molecule has 9 heteroatoms. The van der Waals surface area contributed by atoms with E-state index in [1.807, 2.05) is 24.7 Å². The van der Waals surface area contributed by atoms with Crippen LogP contribution in [0, 0.1) is 0 Å². The molecule has 0 atom stereocenters. The largest absolute Gasteiger partial charge is 0.335 e. The van der Waals surface area contributed by atoms with Gasteiger partial charge in [0.1, 0.15) is 5.69 Å². The molecule has 6 heterocycles. The van der Waals surface area contributed by atoms with E-state index >= 15 is 0 Å². The number of hydrogen-bond donors (Lipinski definition) is 3. The van der Waals surface area contributed by atoms with Gasteiger partial charge in [-0.25, -0.2) is 4.98 Å². The second-order valence-corrected chi connectivity index (χ2v) is 7.96. The first-order valence-electron chi connectivity index (χ1n) is 10.1. The van der Waals surface area contributed by atoms with E-state index in [2.05, 4.69) is 47.3 Å². The molecular weight excluding hydrogens is 378 g/mol. The Bertz CT molecular complexity index is 1320. The molecule has 5 aromatic heterocycles. The summed E-state index contributed by atoms with van der Waals surface area (Å²) in [7, 11) is 2.18. The lowest BCUT2D eigenvalue weighted by Crippen LogP contribution is -2.29. The fourth-order valence-electron chi connectivity index (χ4n) is 4.33. The number of aromatic nitrogens is 8. The van der Waals surface area contributed by atoms with Crippen LogP contribution in [0.1, 0.15) is 24.3 Å². The Hall–Kier alpha value is -3.59. The monoisotopic (exact) mass is 399 g/mol. The molecule has 0 amide bonds. The van der Waals surface area contributed by atoms with Crippen molar-refractivity contribution in [3.05, 3.63) is 42.6 Å². The molecular formula is C21H21N9. The first-order chi connectivity index (χ1) is 14.8. The highest BCUT2D eigenvalue weighted by Gasteiger charge is 2.23. The number of piperidine rings is 1. The Morgan fingerprint density at radius 2 is 1.97 bits per heavy atom. The molecule has 5 aromatic rings. The number of nitrogens with one attached hydrogen (secondary N) is 3. The molecule has 0 saturated carbocycles. The molecule has 1 fully saturated rings. The molecule has 1 aliphatic heterocycles. The first-order valence-corrected chi connectivity index (χ1v) is 10.1. The number of H-pyrrole nitrogens is 3. The summed E-state index contributed by atoms with van der Waals surface area (Å²) in [6, 6.07) is 2.02. The van der Waals surface area contributed by atoms with Crippen molar-refractivity contribution in [1.29, 1.82) is 0 Å². The van der Waals surface area contributed by atoms with Gasteiger partial charge in [0.05, 0.1) is 40.8 Å². The van der Waals surface area contributed by atoms with E-state index < -0.39 is 0 Å². The van der Waals surface area contributed by atoms with Crippen molar-refractivity contribution in [1.82, 2.24) is 45.2 Å². The van der Waals surface area contributed by atoms with Crippen LogP contribution in [-0.2, 0) is 0 Å². The Morgan fingerprint density at radius 3 is 2.80 bits per heavy atom. The summed E-state index contributed by atoms with van der Waals surface area (Å²) in [6.07, 6.45) is 11.5. The minimum Gasteiger partial charge on any atom is -0.335 e. The summed E-state index contributed by atoms with van der Waals surface area (Å²) < 4.78 is 0. The van der Waals surface area contributed by atoms with E-state index in [1.54, 1.807) is 12.4 Å². The van der Waals surface area contributed by atoms with E-state index in [-0.39, 0.29) is 0 Å². The zero-order chi connectivity index (χ0) is 20.1. The molecule has 150 valence electrons. The fraction of sp³-hybridized carbons (Fsp3) is 0.286. The zero-order valence-electron chi connectivity index (χ0n) is 16.6. The Labute approximate surface area is 172 Å². The van der Waals surface area contributed by atoms with E-state index in [0.717, 1.165) is 70.6 Å². The number of hydrogen-bond acceptors (Lipinski definition) is 6. The zero-order valence-corrected chi connectivity index (χ0v) is 16.6. The van der Waals surface area contributed by atoms with Gasteiger partial charge in [0.25, 0.3) is 0 Å². The maximum absolute atomic E-state index is 4.96. The molecule has 0 unspecified atom stereocenters. The van der Waals surface area contributed by atoms with Crippen molar-refractivity contribution in [3.63, 3.8) is 0 Å². The number of likely N-dealkylation sites (tertiary alicyclic amines) is 1. The second-order valence-electron chi connectivity index (χ2n) is 7.96. The predicted octanol–water partition coefficient (Wildman–Crippen LogP) is 3.10. The van der Waals surface area contributed by atoms with Crippen LogP contribution in [0.3, 0.4) is 0 Å². The molecule has 0 radical (unpaired) electrons. The van der Waals surface area contributed by atoms with Crippen LogP contribution in [-0.4, -0.2) is 65.4 Å². The normalized spacial score (nSPS) is 16.0. The smallest absolute Gasteiger partial charge is 0.159 e. The van der Waals surface area contributed by atoms with Gasteiger partial charge in [-0.15, -0.1) is 0 Å². The van der Waals surface area contributed by atoms with Crippen LogP contribution in [0.2, 0.25) is 0 Å². The summed E-state index contributed by atoms with van der Waals surface area (Å²) in [5.41, 5.74) is 6.58. The van der Waals surface area contributed by atoms with Crippen LogP contribution < -0.4 is 0 Å². The average Bonchev–Trinajstić information content (AvgIpc) is 3.52. The summed E-state index contributed by atoms with van der Waals surface area (Å²) in [5.74, 6) is 1.23. The molecule has 0 spiro atoms. The van der Waals surface area contributed by atoms with Crippen molar-refractivity contribution in [2.75, 3.05) is 20.1 Å². The van der Waals surface area contributed by atoms with Gasteiger partial charge < -0.3 is 9.88 Å². The molecule has 30 heavy (non-hydrogen) atoms. The summed E-state index contributed by atoms with van der Waals surface area (Å²) in [5, 5.41) is 15.4. The topological polar surface area (TPSA) is 115 Å². The van der Waals surface area contributed by atoms with Crippen molar-refractivity contribution in [2.24, 2.45) is 0 Å². The van der Waals surface area contributed by atoms with Crippen LogP contribution in [0.5, 0.6) is 0 Å². The lowest BCUT2D eigenvalue weighted by atomic mass is 9.90. The summed E-state index contributed by atoms with van der Waals surface area (Å²) >= 11 is 0. The molecule has 0 aromatic carbocycles. The van der Waals surface area contributed by atoms with E-state index in [0.29, 0.717) is 5.92 Å². The lowest BCUT2D eigenvalue weighted by Gasteiger charge is -2.29. The maximum Gasteiger partial charge on any atom is 0.159 e. The molecule has 0 aliphatic carbocycles. The SMILES string of the molecule is CN1CCC(c2cncc3[nH]c(-c4n[nH]c5cnc(-c6cn[nH]c6)cc45)nc23)CC1. The van der Waals surface area contributed by atoms with Crippen LogP contribution >= 0.6 is 0 Å². The predicted molar refractivity (Wildman–Crippen MR) is 114 cm³/mol. The number of imidazole rings is 1. The Kier molecular flexibility index (Phi) is 3.88. The molecule has 3 N–H and O–H groups in total. The lowest BCUT2D eigenvalue weighted by molar-refractivity contribution is 0.256. The van der Waals surface area contributed by atoms with Crippen LogP contribution in [0.4, 0.5) is 0 Å². The maximum atomic E-state index is 4.96. The highest BCUT2D eigenvalue weighted by atomic mass is 15.1. The van der Waals surface area contributed by atoms with Gasteiger partial charge in [-0.2, -0.15) is 10.2 Å². The Morgan fingerprint density at radius 1 is 1.07 bits per heavy atom. The number of pyridine rings is 2. The molecule has 1 aliphatic rings. The van der Waals surface area contributed by atoms with E-state index in [1.165, 1.54) is 5.56 Å². The number of rotatable bonds is 3. The number of nitrogens with zero attached hydrogens (tertiary/aromatic N) is 6. The van der Waals surface area contributed by atoms with Gasteiger partial charge in [0, 0.05) is 28.9 Å². The van der Waals surface area contributed by atoms with Gasteiger partial charge >= 0.3 is 0 Å². The third kappa shape index (κ3) is 2.78. The number of fused-ring (bicyclic) bond motifs is 2. The second kappa shape index (κ2) is 6.74. The fourth-order valence-corrected chi connectivity index (χ4v) is 4.33. The summed E-state index contributed by atoms with van der Waals surface area (Å²) in [4.78, 5) is 19.7. The highest BCUT2D eigenvalue weighted by Crippen LogP contribution is 2.34. The Balaban J connectivity index is 1.45. The van der Waals surface area contributed by atoms with Gasteiger partial charge in [-0.05, 0) is 45.0 Å². The van der Waals surface area contributed by atoms with Crippen LogP contribution in [0.25, 0.3) is 44.7 Å². The molecule has 9 nitrogen and oxygen atoms in total. The van der Waals surface area contributed by atoms with Gasteiger partial charge in [-0.1, -0.05) is 0 Å². The first kappa shape index (κ1) is 17.3. The minimum atomic E-state index is 0.487. The average molecular weight is 399 g/mol. The quantitative estimate of drug-likeness (QED) is 0.429. The highest BCUT2D eigenvalue weighted by molar-refractivity contribution is 5.94. The molecule has 1 saturated heterocycles. The third-order valence-electron chi connectivity index (χ3n) is 6.05. The standard InChI is InChI=1S/C21H21N9/c1-30-4-2-12(3-5-30)15-9-22-10-18-19(15)27-21(26-18)20-14-6-16(13-7-24-25-8-13)23-11-17(14)28-29-20/h6-12H,2-5H2,1H3,(H,24,25)(H,26,27)(H,28,29). The minimum absolute atomic E-state index is 0.487. The van der Waals surface area contributed by atoms with Crippen LogP contribution in [0.15, 0.2) is 37.1 Å². The van der Waals surface area contributed by atoms with Crippen molar-refractivity contribution in [3.8, 4) is 22.8 Å².